The summed E-state index contributed by atoms with van der Waals surface area (Å²) in [6.45, 7) is 4.02. The van der Waals surface area contributed by atoms with Gasteiger partial charge in [0.1, 0.15) is 0 Å². The Kier molecular flexibility index (Phi) is 8.34. The topological polar surface area (TPSA) is 46.5 Å². The van der Waals surface area contributed by atoms with Gasteiger partial charge in [0.15, 0.2) is 0 Å². The normalized spacial score (nSPS) is 12.9. The van der Waals surface area contributed by atoms with Crippen molar-refractivity contribution in [1.29, 1.82) is 0 Å². The van der Waals surface area contributed by atoms with E-state index in [0.29, 0.717) is 0 Å². The number of hydrogen-bond donors (Lipinski definition) is 1. The van der Waals surface area contributed by atoms with E-state index in [4.69, 9.17) is 7.01 Å². The summed E-state index contributed by atoms with van der Waals surface area (Å²) in [4.78, 5) is 0. The van der Waals surface area contributed by atoms with Gasteiger partial charge < -0.3 is 0 Å². The summed E-state index contributed by atoms with van der Waals surface area (Å²) >= 11 is -3.27. The van der Waals surface area contributed by atoms with E-state index in [9.17, 15) is 3.32 Å². The van der Waals surface area contributed by atoms with Crippen molar-refractivity contribution < 1.29 is 28.9 Å². The molecule has 0 aliphatic heterocycles. The number of rotatable bonds is 7. The molecule has 0 bridgehead atoms. The third-order valence-corrected chi connectivity index (χ3v) is 2.71. The van der Waals surface area contributed by atoms with Gasteiger partial charge in [-0.05, 0) is 0 Å². The van der Waals surface area contributed by atoms with Crippen molar-refractivity contribution in [2.45, 2.75) is 52.1 Å². The van der Waals surface area contributed by atoms with E-state index in [2.05, 4.69) is 6.92 Å². The summed E-state index contributed by atoms with van der Waals surface area (Å²) in [7, 11) is 0. The fraction of sp³-hybridized carbons (Fsp3) is 1.00. The summed E-state index contributed by atoms with van der Waals surface area (Å²) in [5.74, 6) is 0. The third kappa shape index (κ3) is 8.53. The molecule has 0 radical (unpaired) electrons. The Hall–Kier alpha value is 0.434. The standard InChI is InChI=1S/C8H17O.H2O.O.Ti/c1-3-4-5-6-7-8(2)9;;;/h8H,3-7H2,1-2H3;1H2;;/q-1;;;+2/p-1. The van der Waals surface area contributed by atoms with Gasteiger partial charge in [-0.25, -0.2) is 0 Å². The van der Waals surface area contributed by atoms with E-state index < -0.39 is 18.6 Å². The number of hydrogen-bond acceptors (Lipinski definition) is 2. The van der Waals surface area contributed by atoms with Gasteiger partial charge in [0, 0.05) is 0 Å². The van der Waals surface area contributed by atoms with Gasteiger partial charge in [0.25, 0.3) is 0 Å². The zero-order chi connectivity index (χ0) is 9.40. The second-order valence-corrected chi connectivity index (χ2v) is 4.24. The quantitative estimate of drug-likeness (QED) is 0.517. The molecule has 0 amide bonds. The van der Waals surface area contributed by atoms with Gasteiger partial charge in [-0.3, -0.25) is 0 Å². The van der Waals surface area contributed by atoms with Gasteiger partial charge in [-0.2, -0.15) is 0 Å². The van der Waals surface area contributed by atoms with Crippen molar-refractivity contribution in [3.05, 3.63) is 0 Å². The zero-order valence-corrected chi connectivity index (χ0v) is 9.44. The monoisotopic (exact) mass is 210 g/mol. The number of unbranched alkanes of at least 4 members (excludes halogenated alkanes) is 3. The summed E-state index contributed by atoms with van der Waals surface area (Å²) in [5, 5.41) is 0. The maximum atomic E-state index is 10.3. The molecule has 0 aliphatic rings. The van der Waals surface area contributed by atoms with Crippen LogP contribution in [0.1, 0.15) is 46.0 Å². The molecule has 1 atom stereocenters. The molecule has 1 unspecified atom stereocenters. The van der Waals surface area contributed by atoms with Crippen molar-refractivity contribution in [3.8, 4) is 0 Å². The van der Waals surface area contributed by atoms with Crippen molar-refractivity contribution >= 4 is 0 Å². The summed E-state index contributed by atoms with van der Waals surface area (Å²) < 4.78 is 23.6. The van der Waals surface area contributed by atoms with Crippen molar-refractivity contribution in [3.63, 3.8) is 0 Å². The molecule has 12 heavy (non-hydrogen) atoms. The van der Waals surface area contributed by atoms with Crippen LogP contribution < -0.4 is 0 Å². The molecule has 0 heterocycles. The van der Waals surface area contributed by atoms with Crippen LogP contribution in [0, 0.1) is 0 Å². The molecule has 0 rings (SSSR count). The fourth-order valence-corrected chi connectivity index (χ4v) is 1.81. The van der Waals surface area contributed by atoms with Crippen LogP contribution in [0.3, 0.4) is 0 Å². The molecule has 0 saturated heterocycles. The van der Waals surface area contributed by atoms with Crippen LogP contribution in [-0.2, 0) is 25.3 Å². The van der Waals surface area contributed by atoms with Crippen LogP contribution in [0.15, 0.2) is 0 Å². The molecule has 1 N–H and O–H groups in total. The average molecular weight is 210 g/mol. The van der Waals surface area contributed by atoms with Crippen molar-refractivity contribution in [2.24, 2.45) is 0 Å². The Bertz CT molecular complexity index is 127. The first kappa shape index (κ1) is 12.4. The first-order valence-corrected chi connectivity index (χ1v) is 6.53. The molecule has 0 aromatic carbocycles. The van der Waals surface area contributed by atoms with E-state index in [-0.39, 0.29) is 6.10 Å². The van der Waals surface area contributed by atoms with Crippen LogP contribution in [0.5, 0.6) is 0 Å². The van der Waals surface area contributed by atoms with E-state index >= 15 is 0 Å². The van der Waals surface area contributed by atoms with Gasteiger partial charge in [-0.1, -0.05) is 0 Å². The Balaban J connectivity index is 3.19. The molecule has 0 aliphatic carbocycles. The third-order valence-electron chi connectivity index (χ3n) is 1.77. The minimum absolute atomic E-state index is 0.0423. The molecule has 0 fully saturated rings. The van der Waals surface area contributed by atoms with Crippen LogP contribution in [0.2, 0.25) is 0 Å². The van der Waals surface area contributed by atoms with Gasteiger partial charge in [0.2, 0.25) is 0 Å². The van der Waals surface area contributed by atoms with Crippen LogP contribution >= 0.6 is 0 Å². The van der Waals surface area contributed by atoms with Crippen LogP contribution in [0.4, 0.5) is 0 Å². The summed E-state index contributed by atoms with van der Waals surface area (Å²) in [5.41, 5.74) is 0. The second-order valence-electron chi connectivity index (χ2n) is 3.04. The predicted octanol–water partition coefficient (Wildman–Crippen LogP) is 2.15. The minimum atomic E-state index is -3.27. The molecule has 0 saturated carbocycles. The van der Waals surface area contributed by atoms with Crippen molar-refractivity contribution in [1.82, 2.24) is 0 Å². The molecule has 0 spiro atoms. The maximum absolute atomic E-state index is 10.3. The van der Waals surface area contributed by atoms with E-state index in [0.717, 1.165) is 12.8 Å². The Morgan fingerprint density at radius 1 is 1.42 bits per heavy atom. The average Bonchev–Trinajstić information content (AvgIpc) is 1.97. The summed E-state index contributed by atoms with van der Waals surface area (Å²) in [6.07, 6.45) is 5.62. The Labute approximate surface area is 81.2 Å². The van der Waals surface area contributed by atoms with Gasteiger partial charge in [0.05, 0.1) is 0 Å². The molecule has 72 valence electrons. The van der Waals surface area contributed by atoms with Gasteiger partial charge >= 0.3 is 81.0 Å². The molecular formula is C8H18O3Ti. The molecule has 0 aromatic rings. The Morgan fingerprint density at radius 2 is 2.08 bits per heavy atom. The van der Waals surface area contributed by atoms with Crippen molar-refractivity contribution in [2.75, 3.05) is 0 Å². The SMILES string of the molecule is CCCCCCC(C)[O][Ti](=[O])[OH]. The second kappa shape index (κ2) is 8.05. The first-order valence-electron chi connectivity index (χ1n) is 4.56. The fourth-order valence-electron chi connectivity index (χ4n) is 1.09. The predicted molar refractivity (Wildman–Crippen MR) is 42.2 cm³/mol. The van der Waals surface area contributed by atoms with Gasteiger partial charge in [-0.15, -0.1) is 0 Å². The zero-order valence-electron chi connectivity index (χ0n) is 7.88. The first-order chi connectivity index (χ1) is 5.66. The summed E-state index contributed by atoms with van der Waals surface area (Å²) in [6, 6.07) is 0. The Morgan fingerprint density at radius 3 is 2.58 bits per heavy atom. The molecular weight excluding hydrogens is 192 g/mol. The van der Waals surface area contributed by atoms with Crippen LogP contribution in [0.25, 0.3) is 0 Å². The van der Waals surface area contributed by atoms with E-state index in [1.54, 1.807) is 0 Å². The van der Waals surface area contributed by atoms with E-state index in [1.165, 1.54) is 19.3 Å². The van der Waals surface area contributed by atoms with Crippen LogP contribution in [-0.4, -0.2) is 9.79 Å². The molecule has 4 heteroatoms. The molecule has 0 aromatic heterocycles. The van der Waals surface area contributed by atoms with E-state index in [1.807, 2.05) is 6.92 Å². The molecule has 3 nitrogen and oxygen atoms in total.